The van der Waals surface area contributed by atoms with Crippen LogP contribution >= 0.6 is 11.3 Å². The SMILES string of the molecule is Cc1ccc(S(=O)(=O)NCCNc2nc3c(cnn3-c3ccccc3)c(=O)[nH]2)s1. The zero-order chi connectivity index (χ0) is 20.4. The number of nitrogens with one attached hydrogen (secondary N) is 3. The van der Waals surface area contributed by atoms with Gasteiger partial charge >= 0.3 is 0 Å². The molecule has 150 valence electrons. The first kappa shape index (κ1) is 19.3. The zero-order valence-electron chi connectivity index (χ0n) is 15.4. The fourth-order valence-electron chi connectivity index (χ4n) is 2.75. The van der Waals surface area contributed by atoms with E-state index in [0.717, 1.165) is 10.6 Å². The van der Waals surface area contributed by atoms with Gasteiger partial charge in [0.25, 0.3) is 5.56 Å². The van der Waals surface area contributed by atoms with Crippen LogP contribution in [-0.4, -0.2) is 41.3 Å². The Morgan fingerprint density at radius 3 is 2.66 bits per heavy atom. The van der Waals surface area contributed by atoms with Crippen LogP contribution in [0.5, 0.6) is 0 Å². The highest BCUT2D eigenvalue weighted by molar-refractivity contribution is 7.91. The maximum Gasteiger partial charge on any atom is 0.263 e. The number of hydrogen-bond acceptors (Lipinski definition) is 7. The van der Waals surface area contributed by atoms with Crippen LogP contribution in [0.3, 0.4) is 0 Å². The minimum absolute atomic E-state index is 0.138. The van der Waals surface area contributed by atoms with Crippen molar-refractivity contribution in [1.82, 2.24) is 24.5 Å². The van der Waals surface area contributed by atoms with E-state index in [1.807, 2.05) is 37.3 Å². The molecular weight excluding hydrogens is 412 g/mol. The molecule has 29 heavy (non-hydrogen) atoms. The van der Waals surface area contributed by atoms with Crippen molar-refractivity contribution in [2.45, 2.75) is 11.1 Å². The summed E-state index contributed by atoms with van der Waals surface area (Å²) in [5, 5.41) is 7.56. The molecule has 11 heteroatoms. The highest BCUT2D eigenvalue weighted by Gasteiger charge is 2.15. The standard InChI is InChI=1S/C18H18N6O3S2/c1-12-7-8-15(28-12)29(26,27)21-10-9-19-18-22-16-14(17(25)23-18)11-20-24(16)13-5-3-2-4-6-13/h2-8,11,21H,9-10H2,1H3,(H2,19,22,23,25). The summed E-state index contributed by atoms with van der Waals surface area (Å²) in [7, 11) is -3.55. The molecule has 0 aliphatic rings. The highest BCUT2D eigenvalue weighted by atomic mass is 32.2. The Morgan fingerprint density at radius 2 is 1.93 bits per heavy atom. The maximum atomic E-state index is 12.3. The molecule has 0 saturated heterocycles. The largest absolute Gasteiger partial charge is 0.354 e. The Labute approximate surface area is 170 Å². The molecule has 3 heterocycles. The first-order valence-corrected chi connectivity index (χ1v) is 11.1. The molecule has 4 aromatic rings. The summed E-state index contributed by atoms with van der Waals surface area (Å²) < 4.78 is 28.9. The minimum Gasteiger partial charge on any atom is -0.354 e. The lowest BCUT2D eigenvalue weighted by atomic mass is 10.3. The predicted octanol–water partition coefficient (Wildman–Crippen LogP) is 1.87. The molecule has 0 radical (unpaired) electrons. The smallest absolute Gasteiger partial charge is 0.263 e. The number of sulfonamides is 1. The zero-order valence-corrected chi connectivity index (χ0v) is 17.0. The summed E-state index contributed by atoms with van der Waals surface area (Å²) in [6.07, 6.45) is 1.47. The van der Waals surface area contributed by atoms with Gasteiger partial charge in [-0.1, -0.05) is 18.2 Å². The molecule has 4 rings (SSSR count). The Kier molecular flexibility index (Phi) is 5.18. The number of thiophene rings is 1. The van der Waals surface area contributed by atoms with Gasteiger partial charge < -0.3 is 5.32 Å². The maximum absolute atomic E-state index is 12.3. The van der Waals surface area contributed by atoms with Crippen LogP contribution in [0.4, 0.5) is 5.95 Å². The molecule has 0 bridgehead atoms. The molecule has 0 amide bonds. The lowest BCUT2D eigenvalue weighted by Crippen LogP contribution is -2.29. The number of aromatic amines is 1. The van der Waals surface area contributed by atoms with Gasteiger partial charge in [-0.15, -0.1) is 11.3 Å². The van der Waals surface area contributed by atoms with Gasteiger partial charge in [-0.05, 0) is 31.2 Å². The molecule has 0 unspecified atom stereocenters. The second-order valence-corrected chi connectivity index (χ2v) is 9.52. The Morgan fingerprint density at radius 1 is 1.14 bits per heavy atom. The van der Waals surface area contributed by atoms with Crippen molar-refractivity contribution in [2.75, 3.05) is 18.4 Å². The van der Waals surface area contributed by atoms with E-state index in [4.69, 9.17) is 0 Å². The molecule has 0 saturated carbocycles. The molecule has 0 aliphatic carbocycles. The molecule has 0 aliphatic heterocycles. The van der Waals surface area contributed by atoms with Crippen molar-refractivity contribution >= 4 is 38.3 Å². The van der Waals surface area contributed by atoms with Gasteiger partial charge in [0.2, 0.25) is 16.0 Å². The average Bonchev–Trinajstić information content (AvgIpc) is 3.33. The quantitative estimate of drug-likeness (QED) is 0.385. The van der Waals surface area contributed by atoms with E-state index in [0.29, 0.717) is 11.0 Å². The van der Waals surface area contributed by atoms with Gasteiger partial charge in [0, 0.05) is 18.0 Å². The Hall–Kier alpha value is -3.02. The van der Waals surface area contributed by atoms with Gasteiger partial charge in [-0.25, -0.2) is 17.8 Å². The number of H-pyrrole nitrogens is 1. The van der Waals surface area contributed by atoms with Gasteiger partial charge in [-0.3, -0.25) is 9.78 Å². The van der Waals surface area contributed by atoms with E-state index in [2.05, 4.69) is 25.1 Å². The van der Waals surface area contributed by atoms with Crippen molar-refractivity contribution in [3.05, 3.63) is 63.9 Å². The lowest BCUT2D eigenvalue weighted by molar-refractivity contribution is 0.585. The molecule has 3 N–H and O–H groups in total. The minimum atomic E-state index is -3.55. The van der Waals surface area contributed by atoms with Crippen LogP contribution in [-0.2, 0) is 10.0 Å². The van der Waals surface area contributed by atoms with E-state index in [1.54, 1.807) is 16.8 Å². The van der Waals surface area contributed by atoms with Crippen LogP contribution in [0.15, 0.2) is 57.7 Å². The van der Waals surface area contributed by atoms with Gasteiger partial charge in [0.15, 0.2) is 5.65 Å². The second kappa shape index (κ2) is 7.78. The second-order valence-electron chi connectivity index (χ2n) is 6.23. The van der Waals surface area contributed by atoms with Crippen molar-refractivity contribution in [3.63, 3.8) is 0 Å². The summed E-state index contributed by atoms with van der Waals surface area (Å²) in [4.78, 5) is 20.3. The van der Waals surface area contributed by atoms with E-state index in [1.165, 1.54) is 17.5 Å². The third-order valence-corrected chi connectivity index (χ3v) is 7.08. The fourth-order valence-corrected chi connectivity index (χ4v) is 5.11. The topological polar surface area (TPSA) is 122 Å². The van der Waals surface area contributed by atoms with Gasteiger partial charge in [-0.2, -0.15) is 10.1 Å². The summed E-state index contributed by atoms with van der Waals surface area (Å²) in [5.74, 6) is 0.242. The highest BCUT2D eigenvalue weighted by Crippen LogP contribution is 2.20. The number of hydrogen-bond donors (Lipinski definition) is 3. The van der Waals surface area contributed by atoms with Crippen molar-refractivity contribution in [2.24, 2.45) is 0 Å². The molecule has 3 aromatic heterocycles. The van der Waals surface area contributed by atoms with Gasteiger partial charge in [0.1, 0.15) is 9.60 Å². The van der Waals surface area contributed by atoms with Crippen LogP contribution in [0.25, 0.3) is 16.7 Å². The Bertz CT molecular complexity index is 1310. The summed E-state index contributed by atoms with van der Waals surface area (Å²) in [6, 6.07) is 12.7. The summed E-state index contributed by atoms with van der Waals surface area (Å²) >= 11 is 1.21. The van der Waals surface area contributed by atoms with Crippen molar-refractivity contribution < 1.29 is 8.42 Å². The predicted molar refractivity (Wildman–Crippen MR) is 112 cm³/mol. The monoisotopic (exact) mass is 430 g/mol. The molecule has 9 nitrogen and oxygen atoms in total. The normalized spacial score (nSPS) is 11.8. The van der Waals surface area contributed by atoms with Crippen LogP contribution in [0.1, 0.15) is 4.88 Å². The van der Waals surface area contributed by atoms with Crippen LogP contribution in [0, 0.1) is 6.92 Å². The molecule has 0 fully saturated rings. The number of rotatable bonds is 7. The first-order chi connectivity index (χ1) is 13.9. The van der Waals surface area contributed by atoms with Crippen molar-refractivity contribution in [1.29, 1.82) is 0 Å². The fraction of sp³-hybridized carbons (Fsp3) is 0.167. The summed E-state index contributed by atoms with van der Waals surface area (Å²) in [5.41, 5.74) is 0.872. The average molecular weight is 431 g/mol. The third-order valence-electron chi connectivity index (χ3n) is 4.13. The van der Waals surface area contributed by atoms with E-state index >= 15 is 0 Å². The number of aryl methyl sites for hydroxylation is 1. The lowest BCUT2D eigenvalue weighted by Gasteiger charge is -2.08. The van der Waals surface area contributed by atoms with Crippen molar-refractivity contribution in [3.8, 4) is 5.69 Å². The van der Waals surface area contributed by atoms with Crippen LogP contribution in [0.2, 0.25) is 0 Å². The molecule has 1 aromatic carbocycles. The molecular formula is C18H18N6O3S2. The number of anilines is 1. The number of aromatic nitrogens is 4. The van der Waals surface area contributed by atoms with E-state index in [9.17, 15) is 13.2 Å². The van der Waals surface area contributed by atoms with E-state index < -0.39 is 10.0 Å². The Balaban J connectivity index is 1.48. The molecule has 0 spiro atoms. The third kappa shape index (κ3) is 4.06. The number of nitrogens with zero attached hydrogens (tertiary/aromatic N) is 3. The number of fused-ring (bicyclic) bond motifs is 1. The first-order valence-electron chi connectivity index (χ1n) is 8.77. The van der Waals surface area contributed by atoms with E-state index in [-0.39, 0.29) is 28.8 Å². The van der Waals surface area contributed by atoms with Gasteiger partial charge in [0.05, 0.1) is 11.9 Å². The molecule has 0 atom stereocenters. The number of benzene rings is 1. The number of para-hydroxylation sites is 1. The van der Waals surface area contributed by atoms with Crippen LogP contribution < -0.4 is 15.6 Å². The summed E-state index contributed by atoms with van der Waals surface area (Å²) in [6.45, 7) is 2.24.